The van der Waals surface area contributed by atoms with Crippen LogP contribution in [0, 0.1) is 0 Å². The van der Waals surface area contributed by atoms with Crippen LogP contribution < -0.4 is 0 Å². The molecule has 0 aliphatic carbocycles. The van der Waals surface area contributed by atoms with Gasteiger partial charge in [-0.2, -0.15) is 0 Å². The second-order valence-electron chi connectivity index (χ2n) is 4.64. The van der Waals surface area contributed by atoms with E-state index in [1.54, 1.807) is 0 Å². The predicted molar refractivity (Wildman–Crippen MR) is 73.0 cm³/mol. The van der Waals surface area contributed by atoms with Crippen molar-refractivity contribution in [1.82, 2.24) is 0 Å². The first-order valence-corrected chi connectivity index (χ1v) is 8.42. The van der Waals surface area contributed by atoms with Crippen molar-refractivity contribution in [2.24, 2.45) is 0 Å². The fourth-order valence-electron chi connectivity index (χ4n) is 1.54. The van der Waals surface area contributed by atoms with Crippen molar-refractivity contribution >= 4 is 13.8 Å². The molecule has 0 radical (unpaired) electrons. The lowest BCUT2D eigenvalue weighted by Crippen LogP contribution is -2.23. The largest absolute Gasteiger partial charge is 0.469 e. The summed E-state index contributed by atoms with van der Waals surface area (Å²) in [5.74, 6) is -0.421. The van der Waals surface area contributed by atoms with Crippen molar-refractivity contribution in [1.29, 1.82) is 0 Å². The van der Waals surface area contributed by atoms with Gasteiger partial charge < -0.3 is 19.6 Å². The van der Waals surface area contributed by atoms with E-state index >= 15 is 0 Å². The van der Waals surface area contributed by atoms with Crippen LogP contribution in [0.15, 0.2) is 0 Å². The highest BCUT2D eigenvalue weighted by Crippen LogP contribution is 2.35. The van der Waals surface area contributed by atoms with Crippen LogP contribution in [0.3, 0.4) is 0 Å². The molecular formula is C12H25O7P. The molecule has 0 fully saturated rings. The van der Waals surface area contributed by atoms with Crippen LogP contribution in [0.4, 0.5) is 0 Å². The molecule has 0 rings (SSSR count). The third-order valence-electron chi connectivity index (χ3n) is 2.61. The number of hydrogen-bond donors (Lipinski definition) is 3. The Balaban J connectivity index is 3.50. The second kappa shape index (κ2) is 11.2. The quantitative estimate of drug-likeness (QED) is 0.286. The van der Waals surface area contributed by atoms with Gasteiger partial charge in [0.05, 0.1) is 6.61 Å². The van der Waals surface area contributed by atoms with E-state index in [9.17, 15) is 14.5 Å². The molecule has 1 unspecified atom stereocenters. The van der Waals surface area contributed by atoms with E-state index in [1.807, 2.05) is 0 Å². The van der Waals surface area contributed by atoms with Crippen LogP contribution in [0.25, 0.3) is 0 Å². The van der Waals surface area contributed by atoms with Crippen LogP contribution in [0.2, 0.25) is 0 Å². The molecule has 7 nitrogen and oxygen atoms in total. The summed E-state index contributed by atoms with van der Waals surface area (Å²) in [5, 5.41) is 9.28. The normalized spacial score (nSPS) is 13.2. The number of aliphatic hydroxyl groups is 1. The summed E-state index contributed by atoms with van der Waals surface area (Å²) in [4.78, 5) is 28.1. The molecular weight excluding hydrogens is 287 g/mol. The smallest absolute Gasteiger partial charge is 0.463 e. The van der Waals surface area contributed by atoms with Crippen molar-refractivity contribution < 1.29 is 33.5 Å². The second-order valence-corrected chi connectivity index (χ2v) is 5.88. The van der Waals surface area contributed by atoms with E-state index in [-0.39, 0.29) is 13.0 Å². The summed E-state index contributed by atoms with van der Waals surface area (Å²) >= 11 is 0. The molecule has 0 aromatic carbocycles. The van der Waals surface area contributed by atoms with Gasteiger partial charge in [0, 0.05) is 6.42 Å². The molecule has 120 valence electrons. The van der Waals surface area contributed by atoms with Gasteiger partial charge in [0.15, 0.2) is 0 Å². The summed E-state index contributed by atoms with van der Waals surface area (Å²) in [6.45, 7) is 1.24. The van der Waals surface area contributed by atoms with E-state index in [1.165, 1.54) is 19.3 Å². The fraction of sp³-hybridized carbons (Fsp3) is 0.917. The highest BCUT2D eigenvalue weighted by Gasteiger charge is 2.17. The monoisotopic (exact) mass is 312 g/mol. The highest BCUT2D eigenvalue weighted by molar-refractivity contribution is 7.46. The Morgan fingerprint density at radius 3 is 2.30 bits per heavy atom. The van der Waals surface area contributed by atoms with Gasteiger partial charge in [-0.15, -0.1) is 0 Å². The number of carbonyl (C=O) groups is 1. The maximum atomic E-state index is 11.3. The predicted octanol–water partition coefficient (Wildman–Crippen LogP) is 1.75. The summed E-state index contributed by atoms with van der Waals surface area (Å²) in [6.07, 6.45) is 5.42. The van der Waals surface area contributed by atoms with Crippen molar-refractivity contribution in [3.8, 4) is 0 Å². The van der Waals surface area contributed by atoms with Gasteiger partial charge in [0.1, 0.15) is 12.7 Å². The fourth-order valence-corrected chi connectivity index (χ4v) is 1.91. The van der Waals surface area contributed by atoms with Crippen LogP contribution in [-0.4, -0.2) is 40.2 Å². The van der Waals surface area contributed by atoms with E-state index < -0.39 is 26.5 Å². The number of rotatable bonds is 12. The minimum Gasteiger partial charge on any atom is -0.463 e. The molecule has 0 amide bonds. The molecule has 0 aromatic heterocycles. The number of hydrogen-bond acceptors (Lipinski definition) is 5. The molecule has 8 heteroatoms. The molecule has 0 aromatic rings. The molecule has 20 heavy (non-hydrogen) atoms. The van der Waals surface area contributed by atoms with E-state index in [0.717, 1.165) is 19.3 Å². The van der Waals surface area contributed by atoms with E-state index in [0.29, 0.717) is 0 Å². The van der Waals surface area contributed by atoms with Gasteiger partial charge in [-0.25, -0.2) is 4.57 Å². The zero-order chi connectivity index (χ0) is 15.4. The van der Waals surface area contributed by atoms with Gasteiger partial charge in [-0.05, 0) is 6.42 Å². The lowest BCUT2D eigenvalue weighted by molar-refractivity contribution is -0.147. The Kier molecular flexibility index (Phi) is 11.0. The zero-order valence-corrected chi connectivity index (χ0v) is 12.8. The molecule has 3 N–H and O–H groups in total. The van der Waals surface area contributed by atoms with E-state index in [4.69, 9.17) is 14.5 Å². The summed E-state index contributed by atoms with van der Waals surface area (Å²) in [6, 6.07) is 0. The third-order valence-corrected chi connectivity index (χ3v) is 3.09. The molecule has 0 aliphatic rings. The number of ether oxygens (including phenoxy) is 1. The van der Waals surface area contributed by atoms with Crippen LogP contribution in [-0.2, 0) is 18.6 Å². The summed E-state index contributed by atoms with van der Waals surface area (Å²) in [5.41, 5.74) is 0. The topological polar surface area (TPSA) is 113 Å². The molecule has 0 saturated heterocycles. The van der Waals surface area contributed by atoms with E-state index in [2.05, 4.69) is 11.4 Å². The Morgan fingerprint density at radius 1 is 1.10 bits per heavy atom. The minimum absolute atomic E-state index is 0.290. The van der Waals surface area contributed by atoms with Gasteiger partial charge in [-0.1, -0.05) is 39.0 Å². The summed E-state index contributed by atoms with van der Waals surface area (Å²) in [7, 11) is -4.60. The first-order valence-electron chi connectivity index (χ1n) is 6.89. The maximum absolute atomic E-state index is 11.3. The first kappa shape index (κ1) is 19.5. The van der Waals surface area contributed by atoms with Gasteiger partial charge in [-0.3, -0.25) is 9.32 Å². The van der Waals surface area contributed by atoms with Crippen molar-refractivity contribution in [2.75, 3.05) is 13.2 Å². The molecule has 0 bridgehead atoms. The lowest BCUT2D eigenvalue weighted by atomic mass is 10.1. The first-order chi connectivity index (χ1) is 9.35. The Labute approximate surface area is 119 Å². The van der Waals surface area contributed by atoms with Crippen LogP contribution in [0.5, 0.6) is 0 Å². The molecule has 1 atom stereocenters. The molecule has 0 spiro atoms. The maximum Gasteiger partial charge on any atom is 0.469 e. The van der Waals surface area contributed by atoms with Gasteiger partial charge >= 0.3 is 13.8 Å². The zero-order valence-electron chi connectivity index (χ0n) is 11.9. The van der Waals surface area contributed by atoms with Crippen molar-refractivity contribution in [3.05, 3.63) is 0 Å². The number of phosphoric acid groups is 1. The highest BCUT2D eigenvalue weighted by atomic mass is 31.2. The Hall–Kier alpha value is -0.460. The average molecular weight is 312 g/mol. The number of esters is 1. The Morgan fingerprint density at radius 2 is 1.70 bits per heavy atom. The van der Waals surface area contributed by atoms with Gasteiger partial charge in [0.25, 0.3) is 0 Å². The standard InChI is InChI=1S/C12H25O7P/c1-2-3-4-5-6-7-8-12(14)18-9-11(13)10-19-20(15,16)17/h11,13H,2-10H2,1H3,(H2,15,16,17). The third kappa shape index (κ3) is 14.0. The Bertz CT molecular complexity index is 302. The van der Waals surface area contributed by atoms with Crippen molar-refractivity contribution in [3.63, 3.8) is 0 Å². The number of aliphatic hydroxyl groups excluding tert-OH is 1. The summed E-state index contributed by atoms with van der Waals surface area (Å²) < 4.78 is 19.2. The van der Waals surface area contributed by atoms with Crippen LogP contribution >= 0.6 is 7.82 Å². The van der Waals surface area contributed by atoms with Crippen molar-refractivity contribution in [2.45, 2.75) is 58.0 Å². The molecule has 0 heterocycles. The average Bonchev–Trinajstić information content (AvgIpc) is 2.37. The molecule has 0 aliphatic heterocycles. The minimum atomic E-state index is -4.60. The SMILES string of the molecule is CCCCCCCCC(=O)OCC(O)COP(=O)(O)O. The van der Waals surface area contributed by atoms with Gasteiger partial charge in [0.2, 0.25) is 0 Å². The molecule has 0 saturated carbocycles. The lowest BCUT2D eigenvalue weighted by Gasteiger charge is -2.12. The number of phosphoric ester groups is 1. The van der Waals surface area contributed by atoms with Crippen LogP contribution in [0.1, 0.15) is 51.9 Å². The number of carbonyl (C=O) groups excluding carboxylic acids is 1. The number of unbranched alkanes of at least 4 members (excludes halogenated alkanes) is 5.